The first-order chi connectivity index (χ1) is 15.5. The molecular formula is C26H25N3O2S. The van der Waals surface area contributed by atoms with Crippen LogP contribution in [0.2, 0.25) is 0 Å². The van der Waals surface area contributed by atoms with Crippen LogP contribution in [0.5, 0.6) is 0 Å². The number of para-hydroxylation sites is 1. The summed E-state index contributed by atoms with van der Waals surface area (Å²) in [5.41, 5.74) is 5.42. The zero-order chi connectivity index (χ0) is 22.0. The summed E-state index contributed by atoms with van der Waals surface area (Å²) in [7, 11) is 4.23. The van der Waals surface area contributed by atoms with Gasteiger partial charge >= 0.3 is 0 Å². The van der Waals surface area contributed by atoms with E-state index < -0.39 is 0 Å². The third-order valence-electron chi connectivity index (χ3n) is 6.90. The van der Waals surface area contributed by atoms with E-state index in [9.17, 15) is 9.59 Å². The summed E-state index contributed by atoms with van der Waals surface area (Å²) < 4.78 is 2.38. The number of nitrogens with zero attached hydrogens (tertiary/aromatic N) is 2. The van der Waals surface area contributed by atoms with Crippen LogP contribution in [0.4, 0.5) is 0 Å². The maximum atomic E-state index is 13.3. The van der Waals surface area contributed by atoms with Gasteiger partial charge in [0, 0.05) is 63.5 Å². The molecule has 0 spiro atoms. The van der Waals surface area contributed by atoms with E-state index in [1.165, 1.54) is 5.69 Å². The Balaban J connectivity index is 1.63. The van der Waals surface area contributed by atoms with E-state index >= 15 is 0 Å². The lowest BCUT2D eigenvalue weighted by Crippen LogP contribution is -2.29. The standard InChI is InChI=1S/C26H25N3O2S/c1-28(2)14-15-7-9-29-19-6-4-3-5-17(19)23(20(29)11-15)25-22(31)12-21(30)24(25)18-13-27-26-16(18)8-10-32-26/h3-6,8,10,13,15,27H,7,9,11-12,14H2,1-2H3. The van der Waals surface area contributed by atoms with Gasteiger partial charge in [0.1, 0.15) is 4.83 Å². The maximum Gasteiger partial charge on any atom is 0.172 e. The lowest BCUT2D eigenvalue weighted by molar-refractivity contribution is -0.119. The largest absolute Gasteiger partial charge is 0.352 e. The summed E-state index contributed by atoms with van der Waals surface area (Å²) in [4.78, 5) is 33.1. The average molecular weight is 444 g/mol. The minimum atomic E-state index is -0.0678. The van der Waals surface area contributed by atoms with Gasteiger partial charge in [-0.1, -0.05) is 18.2 Å². The lowest BCUT2D eigenvalue weighted by atomic mass is 9.89. The van der Waals surface area contributed by atoms with Crippen LogP contribution < -0.4 is 0 Å². The molecule has 0 saturated heterocycles. The average Bonchev–Trinajstić information content (AvgIpc) is 3.49. The van der Waals surface area contributed by atoms with Gasteiger partial charge in [0.2, 0.25) is 0 Å². The molecule has 0 radical (unpaired) electrons. The second kappa shape index (κ2) is 7.29. The van der Waals surface area contributed by atoms with Crippen LogP contribution in [-0.4, -0.2) is 46.7 Å². The first-order valence-electron chi connectivity index (χ1n) is 11.1. The highest BCUT2D eigenvalue weighted by Gasteiger charge is 2.38. The number of allylic oxidation sites excluding steroid dienone is 2. The Hall–Kier alpha value is -2.96. The van der Waals surface area contributed by atoms with E-state index in [1.54, 1.807) is 11.3 Å². The lowest BCUT2D eigenvalue weighted by Gasteiger charge is -2.28. The normalized spacial score (nSPS) is 19.2. The number of aryl methyl sites for hydroxylation is 1. The molecule has 0 bridgehead atoms. The van der Waals surface area contributed by atoms with Gasteiger partial charge in [0.05, 0.1) is 6.42 Å². The first kappa shape index (κ1) is 19.7. The van der Waals surface area contributed by atoms with Crippen LogP contribution in [0.15, 0.2) is 41.9 Å². The van der Waals surface area contributed by atoms with Crippen LogP contribution in [0, 0.1) is 5.92 Å². The van der Waals surface area contributed by atoms with E-state index in [0.717, 1.165) is 58.2 Å². The molecule has 4 heterocycles. The zero-order valence-electron chi connectivity index (χ0n) is 18.3. The minimum Gasteiger partial charge on any atom is -0.352 e. The van der Waals surface area contributed by atoms with Crippen LogP contribution >= 0.6 is 11.3 Å². The second-order valence-electron chi connectivity index (χ2n) is 9.25. The summed E-state index contributed by atoms with van der Waals surface area (Å²) >= 11 is 1.62. The van der Waals surface area contributed by atoms with Crippen molar-refractivity contribution in [1.29, 1.82) is 0 Å². The van der Waals surface area contributed by atoms with E-state index in [-0.39, 0.29) is 18.0 Å². The number of rotatable bonds is 4. The third kappa shape index (κ3) is 2.86. The first-order valence-corrected chi connectivity index (χ1v) is 12.0. The van der Waals surface area contributed by atoms with Crippen LogP contribution in [0.3, 0.4) is 0 Å². The molecule has 6 heteroatoms. The molecule has 1 unspecified atom stereocenters. The molecule has 6 rings (SSSR count). The molecule has 0 amide bonds. The van der Waals surface area contributed by atoms with Crippen LogP contribution in [0.25, 0.3) is 32.3 Å². The fourth-order valence-electron chi connectivity index (χ4n) is 5.67. The number of fused-ring (bicyclic) bond motifs is 4. The van der Waals surface area contributed by atoms with Crippen molar-refractivity contribution in [1.82, 2.24) is 14.5 Å². The predicted molar refractivity (Wildman–Crippen MR) is 130 cm³/mol. The predicted octanol–water partition coefficient (Wildman–Crippen LogP) is 4.76. The highest BCUT2D eigenvalue weighted by molar-refractivity contribution is 7.16. The Morgan fingerprint density at radius 1 is 1.09 bits per heavy atom. The number of nitrogens with one attached hydrogen (secondary N) is 1. The molecule has 4 aromatic rings. The number of Topliss-reactive ketones (excluding diaryl/α,β-unsaturated/α-hetero) is 2. The zero-order valence-corrected chi connectivity index (χ0v) is 19.1. The molecule has 2 aliphatic rings. The van der Waals surface area contributed by atoms with Crippen molar-refractivity contribution in [2.24, 2.45) is 5.92 Å². The van der Waals surface area contributed by atoms with Gasteiger partial charge in [0.25, 0.3) is 0 Å². The number of ketones is 2. The van der Waals surface area contributed by atoms with E-state index in [0.29, 0.717) is 17.1 Å². The van der Waals surface area contributed by atoms with Crippen LogP contribution in [-0.2, 0) is 22.6 Å². The Bertz CT molecular complexity index is 1430. The van der Waals surface area contributed by atoms with Gasteiger partial charge in [-0.2, -0.15) is 0 Å². The molecule has 1 aromatic carbocycles. The molecule has 1 atom stereocenters. The number of hydrogen-bond donors (Lipinski definition) is 1. The summed E-state index contributed by atoms with van der Waals surface area (Å²) in [5.74, 6) is 0.415. The van der Waals surface area contributed by atoms with Gasteiger partial charge in [-0.15, -0.1) is 11.3 Å². The third-order valence-corrected chi connectivity index (χ3v) is 7.74. The van der Waals surface area contributed by atoms with Gasteiger partial charge in [0.15, 0.2) is 11.6 Å². The molecule has 0 fully saturated rings. The smallest absolute Gasteiger partial charge is 0.172 e. The molecule has 1 N–H and O–H groups in total. The molecule has 32 heavy (non-hydrogen) atoms. The number of benzene rings is 1. The minimum absolute atomic E-state index is 0.0401. The van der Waals surface area contributed by atoms with Gasteiger partial charge in [-0.3, -0.25) is 9.59 Å². The Kier molecular flexibility index (Phi) is 4.49. The van der Waals surface area contributed by atoms with E-state index in [4.69, 9.17) is 0 Å². The SMILES string of the molecule is CN(C)CC1CCn2c(c(C3=C(c4c[nH]c5sccc45)C(=O)CC3=O)c3ccccc32)C1. The van der Waals surface area contributed by atoms with Crippen molar-refractivity contribution in [3.63, 3.8) is 0 Å². The number of carbonyl (C=O) groups excluding carboxylic acids is 2. The van der Waals surface area contributed by atoms with Crippen LogP contribution in [0.1, 0.15) is 29.7 Å². The summed E-state index contributed by atoms with van der Waals surface area (Å²) in [6.45, 7) is 1.96. The fourth-order valence-corrected chi connectivity index (χ4v) is 6.44. The van der Waals surface area contributed by atoms with Gasteiger partial charge in [-0.25, -0.2) is 0 Å². The molecule has 0 saturated carbocycles. The fraction of sp³-hybridized carbons (Fsp3) is 0.308. The monoisotopic (exact) mass is 443 g/mol. The number of aromatic nitrogens is 2. The quantitative estimate of drug-likeness (QED) is 0.463. The summed E-state index contributed by atoms with van der Waals surface area (Å²) in [6.07, 6.45) is 3.89. The van der Waals surface area contributed by atoms with Crippen molar-refractivity contribution in [2.75, 3.05) is 20.6 Å². The number of hydrogen-bond acceptors (Lipinski definition) is 4. The molecule has 3 aromatic heterocycles. The Labute approximate surface area is 190 Å². The van der Waals surface area contributed by atoms with E-state index in [1.807, 2.05) is 23.7 Å². The van der Waals surface area contributed by atoms with Crippen molar-refractivity contribution in [3.8, 4) is 0 Å². The second-order valence-corrected chi connectivity index (χ2v) is 10.2. The van der Waals surface area contributed by atoms with Gasteiger partial charge < -0.3 is 14.5 Å². The van der Waals surface area contributed by atoms with Gasteiger partial charge in [-0.05, 0) is 50.4 Å². The number of thiophene rings is 1. The highest BCUT2D eigenvalue weighted by atomic mass is 32.1. The Morgan fingerprint density at radius 3 is 2.75 bits per heavy atom. The topological polar surface area (TPSA) is 58.1 Å². The van der Waals surface area contributed by atoms with Crippen molar-refractivity contribution < 1.29 is 9.59 Å². The Morgan fingerprint density at radius 2 is 1.91 bits per heavy atom. The van der Waals surface area contributed by atoms with Crippen molar-refractivity contribution in [2.45, 2.75) is 25.8 Å². The number of carbonyl (C=O) groups is 2. The number of aromatic amines is 1. The summed E-state index contributed by atoms with van der Waals surface area (Å²) in [6, 6.07) is 10.4. The summed E-state index contributed by atoms with van der Waals surface area (Å²) in [5, 5.41) is 4.13. The van der Waals surface area contributed by atoms with E-state index in [2.05, 4.69) is 46.7 Å². The molecular weight excluding hydrogens is 418 g/mol. The highest BCUT2D eigenvalue weighted by Crippen LogP contribution is 2.44. The molecule has 1 aliphatic carbocycles. The van der Waals surface area contributed by atoms with Crippen molar-refractivity contribution >= 4 is 55.2 Å². The molecule has 162 valence electrons. The maximum absolute atomic E-state index is 13.3. The number of H-pyrrole nitrogens is 1. The molecule has 1 aliphatic heterocycles. The molecule has 5 nitrogen and oxygen atoms in total. The van der Waals surface area contributed by atoms with Crippen molar-refractivity contribution in [3.05, 3.63) is 58.7 Å².